The standard InChI is InChI=1S/C22H25F2N3O/c1-16-6-7-17(12-25-16)21(28)27-11-9-22(15-27)8-3-10-26(14-22)13-18-4-2-5-19(23)20(18)24/h2,4-7,12H,3,8-11,13-15H2,1H3/t22-/m0/s1. The van der Waals surface area contributed by atoms with Crippen molar-refractivity contribution >= 4 is 5.91 Å². The Morgan fingerprint density at radius 2 is 2.00 bits per heavy atom. The quantitative estimate of drug-likeness (QED) is 0.807. The van der Waals surface area contributed by atoms with E-state index in [1.807, 2.05) is 24.0 Å². The first kappa shape index (κ1) is 19.0. The van der Waals surface area contributed by atoms with Crippen molar-refractivity contribution in [3.63, 3.8) is 0 Å². The SMILES string of the molecule is Cc1ccc(C(=O)N2CC[C@]3(CCCN(Cc4cccc(F)c4F)C3)C2)cn1. The molecule has 1 spiro atoms. The lowest BCUT2D eigenvalue weighted by Gasteiger charge is -2.40. The number of likely N-dealkylation sites (tertiary alicyclic amines) is 2. The van der Waals surface area contributed by atoms with Crippen molar-refractivity contribution in [2.24, 2.45) is 5.41 Å². The number of pyridine rings is 1. The van der Waals surface area contributed by atoms with Crippen molar-refractivity contribution in [2.75, 3.05) is 26.2 Å². The molecule has 0 bridgehead atoms. The average Bonchev–Trinajstić information content (AvgIpc) is 3.09. The number of rotatable bonds is 3. The molecule has 0 N–H and O–H groups in total. The van der Waals surface area contributed by atoms with Gasteiger partial charge in [-0.25, -0.2) is 8.78 Å². The first-order chi connectivity index (χ1) is 13.5. The number of aromatic nitrogens is 1. The summed E-state index contributed by atoms with van der Waals surface area (Å²) in [4.78, 5) is 21.2. The van der Waals surface area contributed by atoms with Gasteiger partial charge in [0.15, 0.2) is 11.6 Å². The van der Waals surface area contributed by atoms with Crippen LogP contribution in [0.5, 0.6) is 0 Å². The Bertz CT molecular complexity index is 871. The minimum Gasteiger partial charge on any atom is -0.338 e. The maximum atomic E-state index is 14.0. The van der Waals surface area contributed by atoms with Crippen LogP contribution in [0.3, 0.4) is 0 Å². The zero-order valence-corrected chi connectivity index (χ0v) is 16.1. The van der Waals surface area contributed by atoms with Gasteiger partial charge in [-0.05, 0) is 50.9 Å². The molecule has 0 radical (unpaired) electrons. The molecule has 0 saturated carbocycles. The lowest BCUT2D eigenvalue weighted by Crippen LogP contribution is -2.45. The Morgan fingerprint density at radius 1 is 1.14 bits per heavy atom. The fourth-order valence-electron chi connectivity index (χ4n) is 4.58. The van der Waals surface area contributed by atoms with E-state index in [0.717, 1.165) is 50.7 Å². The first-order valence-corrected chi connectivity index (χ1v) is 9.83. The van der Waals surface area contributed by atoms with E-state index >= 15 is 0 Å². The van der Waals surface area contributed by atoms with Crippen LogP contribution in [0, 0.1) is 24.0 Å². The van der Waals surface area contributed by atoms with Crippen molar-refractivity contribution in [3.8, 4) is 0 Å². The van der Waals surface area contributed by atoms with Gasteiger partial charge in [0.2, 0.25) is 0 Å². The van der Waals surface area contributed by atoms with Gasteiger partial charge >= 0.3 is 0 Å². The fraction of sp³-hybridized carbons (Fsp3) is 0.455. The fourth-order valence-corrected chi connectivity index (χ4v) is 4.58. The molecule has 148 valence electrons. The molecule has 2 aliphatic heterocycles. The molecule has 2 aliphatic rings. The molecule has 2 fully saturated rings. The van der Waals surface area contributed by atoms with Crippen molar-refractivity contribution < 1.29 is 13.6 Å². The summed E-state index contributed by atoms with van der Waals surface area (Å²) in [6.07, 6.45) is 4.65. The highest BCUT2D eigenvalue weighted by atomic mass is 19.2. The minimum absolute atomic E-state index is 0.0256. The largest absolute Gasteiger partial charge is 0.338 e. The summed E-state index contributed by atoms with van der Waals surface area (Å²) in [6, 6.07) is 8.04. The van der Waals surface area contributed by atoms with Crippen LogP contribution >= 0.6 is 0 Å². The van der Waals surface area contributed by atoms with Crippen molar-refractivity contribution in [2.45, 2.75) is 32.7 Å². The predicted molar refractivity (Wildman–Crippen MR) is 103 cm³/mol. The van der Waals surface area contributed by atoms with Crippen LogP contribution in [0.25, 0.3) is 0 Å². The van der Waals surface area contributed by atoms with E-state index in [-0.39, 0.29) is 11.3 Å². The van der Waals surface area contributed by atoms with Gasteiger partial charge in [0.1, 0.15) is 0 Å². The molecule has 0 unspecified atom stereocenters. The zero-order valence-electron chi connectivity index (χ0n) is 16.1. The van der Waals surface area contributed by atoms with E-state index in [1.54, 1.807) is 18.3 Å². The molecule has 2 saturated heterocycles. The number of hydrogen-bond donors (Lipinski definition) is 0. The predicted octanol–water partition coefficient (Wildman–Crippen LogP) is 3.80. The van der Waals surface area contributed by atoms with E-state index in [0.29, 0.717) is 24.2 Å². The summed E-state index contributed by atoms with van der Waals surface area (Å²) in [5.74, 6) is -1.52. The molecule has 1 aromatic carbocycles. The van der Waals surface area contributed by atoms with E-state index in [9.17, 15) is 13.6 Å². The van der Waals surface area contributed by atoms with E-state index in [1.165, 1.54) is 0 Å². The number of carbonyl (C=O) groups is 1. The van der Waals surface area contributed by atoms with Crippen LogP contribution < -0.4 is 0 Å². The first-order valence-electron chi connectivity index (χ1n) is 9.83. The number of amides is 1. The smallest absolute Gasteiger partial charge is 0.255 e. The van der Waals surface area contributed by atoms with Crippen LogP contribution in [0.1, 0.15) is 40.9 Å². The van der Waals surface area contributed by atoms with Crippen molar-refractivity contribution in [1.29, 1.82) is 0 Å². The third-order valence-electron chi connectivity index (χ3n) is 6.05. The molecular weight excluding hydrogens is 360 g/mol. The lowest BCUT2D eigenvalue weighted by molar-refractivity contribution is 0.0672. The second kappa shape index (κ2) is 7.59. The normalized spacial score (nSPS) is 22.8. The van der Waals surface area contributed by atoms with Crippen molar-refractivity contribution in [1.82, 2.24) is 14.8 Å². The summed E-state index contributed by atoms with van der Waals surface area (Å²) in [6.45, 7) is 5.42. The van der Waals surface area contributed by atoms with Crippen LogP contribution in [0.15, 0.2) is 36.5 Å². The van der Waals surface area contributed by atoms with Crippen LogP contribution in [-0.4, -0.2) is 46.9 Å². The Morgan fingerprint density at radius 3 is 2.79 bits per heavy atom. The third-order valence-corrected chi connectivity index (χ3v) is 6.05. The van der Waals surface area contributed by atoms with Crippen LogP contribution in [0.2, 0.25) is 0 Å². The van der Waals surface area contributed by atoms with Gasteiger partial charge in [-0.15, -0.1) is 0 Å². The van der Waals surface area contributed by atoms with Gasteiger partial charge in [-0.3, -0.25) is 14.7 Å². The van der Waals surface area contributed by atoms with Gasteiger partial charge in [0.05, 0.1) is 5.56 Å². The van der Waals surface area contributed by atoms with Crippen molar-refractivity contribution in [3.05, 3.63) is 65.0 Å². The molecule has 1 aromatic heterocycles. The number of hydrogen-bond acceptors (Lipinski definition) is 3. The Hall–Kier alpha value is -2.34. The summed E-state index contributed by atoms with van der Waals surface area (Å²) in [5, 5.41) is 0. The molecule has 1 amide bonds. The highest BCUT2D eigenvalue weighted by Gasteiger charge is 2.43. The Kier molecular flexibility index (Phi) is 5.15. The van der Waals surface area contributed by atoms with Gasteiger partial charge < -0.3 is 4.90 Å². The van der Waals surface area contributed by atoms with E-state index in [2.05, 4.69) is 9.88 Å². The Balaban J connectivity index is 1.43. The maximum Gasteiger partial charge on any atom is 0.255 e. The highest BCUT2D eigenvalue weighted by molar-refractivity contribution is 5.94. The summed E-state index contributed by atoms with van der Waals surface area (Å²) >= 11 is 0. The van der Waals surface area contributed by atoms with Gasteiger partial charge in [-0.2, -0.15) is 0 Å². The minimum atomic E-state index is -0.798. The zero-order chi connectivity index (χ0) is 19.7. The van der Waals surface area contributed by atoms with Crippen LogP contribution in [0.4, 0.5) is 8.78 Å². The molecule has 3 heterocycles. The van der Waals surface area contributed by atoms with Gasteiger partial charge in [-0.1, -0.05) is 12.1 Å². The van der Waals surface area contributed by atoms with Gasteiger partial charge in [0.25, 0.3) is 5.91 Å². The molecule has 4 rings (SSSR count). The third kappa shape index (κ3) is 3.78. The number of carbonyl (C=O) groups excluding carboxylic acids is 1. The molecule has 1 atom stereocenters. The topological polar surface area (TPSA) is 36.4 Å². The number of aryl methyl sites for hydroxylation is 1. The second-order valence-electron chi connectivity index (χ2n) is 8.19. The number of piperidine rings is 1. The lowest BCUT2D eigenvalue weighted by atomic mass is 9.79. The monoisotopic (exact) mass is 385 g/mol. The molecule has 0 aliphatic carbocycles. The Labute approximate surface area is 164 Å². The van der Waals surface area contributed by atoms with E-state index in [4.69, 9.17) is 0 Å². The summed E-state index contributed by atoms with van der Waals surface area (Å²) in [7, 11) is 0. The highest BCUT2D eigenvalue weighted by Crippen LogP contribution is 2.40. The molecule has 2 aromatic rings. The van der Waals surface area contributed by atoms with E-state index < -0.39 is 11.6 Å². The number of halogens is 2. The maximum absolute atomic E-state index is 14.0. The molecule has 4 nitrogen and oxygen atoms in total. The molecule has 6 heteroatoms. The molecule has 28 heavy (non-hydrogen) atoms. The van der Waals surface area contributed by atoms with Gasteiger partial charge in [0, 0.05) is 49.0 Å². The number of benzene rings is 1. The second-order valence-corrected chi connectivity index (χ2v) is 8.19. The average molecular weight is 385 g/mol. The summed E-state index contributed by atoms with van der Waals surface area (Å²) < 4.78 is 27.6. The van der Waals surface area contributed by atoms with Crippen LogP contribution in [-0.2, 0) is 6.54 Å². The molecular formula is C22H25F2N3O. The number of nitrogens with zero attached hydrogens (tertiary/aromatic N) is 3. The summed E-state index contributed by atoms with van der Waals surface area (Å²) in [5.41, 5.74) is 1.95.